The molecule has 7 heteroatoms. The number of aryl methyl sites for hydroxylation is 1. The van der Waals surface area contributed by atoms with E-state index in [1.54, 1.807) is 18.7 Å². The van der Waals surface area contributed by atoms with Crippen molar-refractivity contribution in [2.45, 2.75) is 32.6 Å². The van der Waals surface area contributed by atoms with Crippen LogP contribution in [0.4, 0.5) is 11.5 Å². The van der Waals surface area contributed by atoms with Crippen molar-refractivity contribution in [2.75, 3.05) is 16.8 Å². The van der Waals surface area contributed by atoms with Gasteiger partial charge in [0.15, 0.2) is 5.82 Å². The average molecular weight is 314 g/mol. The SMILES string of the molecule is CC(=O)N1CC(CCC(=O)Nc2nonc2C)c2ccccc21. The van der Waals surface area contributed by atoms with E-state index in [2.05, 4.69) is 20.3 Å². The summed E-state index contributed by atoms with van der Waals surface area (Å²) < 4.78 is 4.55. The lowest BCUT2D eigenvalue weighted by Crippen LogP contribution is -2.27. The van der Waals surface area contributed by atoms with Gasteiger partial charge >= 0.3 is 0 Å². The number of hydrogen-bond acceptors (Lipinski definition) is 5. The molecule has 2 amide bonds. The van der Waals surface area contributed by atoms with Crippen molar-refractivity contribution in [1.82, 2.24) is 10.3 Å². The van der Waals surface area contributed by atoms with Gasteiger partial charge in [-0.15, -0.1) is 0 Å². The van der Waals surface area contributed by atoms with E-state index < -0.39 is 0 Å². The molecule has 1 aromatic heterocycles. The number of nitrogens with one attached hydrogen (secondary N) is 1. The van der Waals surface area contributed by atoms with Gasteiger partial charge in [-0.2, -0.15) is 0 Å². The Kier molecular flexibility index (Phi) is 4.10. The third kappa shape index (κ3) is 3.08. The first kappa shape index (κ1) is 15.2. The van der Waals surface area contributed by atoms with Crippen molar-refractivity contribution in [3.63, 3.8) is 0 Å². The lowest BCUT2D eigenvalue weighted by Gasteiger charge is -2.15. The summed E-state index contributed by atoms with van der Waals surface area (Å²) in [5.41, 5.74) is 2.61. The highest BCUT2D eigenvalue weighted by atomic mass is 16.6. The Bertz CT molecular complexity index is 740. The Balaban J connectivity index is 1.64. The lowest BCUT2D eigenvalue weighted by molar-refractivity contribution is -0.116. The second-order valence-electron chi connectivity index (χ2n) is 5.67. The van der Waals surface area contributed by atoms with Crippen LogP contribution in [0.1, 0.15) is 36.9 Å². The molecule has 3 rings (SSSR count). The number of benzene rings is 1. The molecule has 7 nitrogen and oxygen atoms in total. The predicted molar refractivity (Wildman–Crippen MR) is 84.1 cm³/mol. The molecule has 0 spiro atoms. The molecule has 0 radical (unpaired) electrons. The van der Waals surface area contributed by atoms with Crippen molar-refractivity contribution < 1.29 is 14.2 Å². The Labute approximate surface area is 133 Å². The molecule has 23 heavy (non-hydrogen) atoms. The van der Waals surface area contributed by atoms with E-state index in [-0.39, 0.29) is 17.7 Å². The van der Waals surface area contributed by atoms with Crippen LogP contribution in [0.3, 0.4) is 0 Å². The van der Waals surface area contributed by atoms with Crippen LogP contribution >= 0.6 is 0 Å². The molecule has 0 aliphatic carbocycles. The standard InChI is InChI=1S/C16H18N4O3/c1-10-16(19-23-18-10)17-15(22)8-7-12-9-20(11(2)21)14-6-4-3-5-13(12)14/h3-6,12H,7-9H2,1-2H3,(H,17,19,22). The van der Waals surface area contributed by atoms with Gasteiger partial charge in [-0.25, -0.2) is 4.63 Å². The number of amides is 2. The van der Waals surface area contributed by atoms with Crippen LogP contribution < -0.4 is 10.2 Å². The Hall–Kier alpha value is -2.70. The van der Waals surface area contributed by atoms with Crippen LogP contribution in [-0.2, 0) is 9.59 Å². The Morgan fingerprint density at radius 1 is 1.35 bits per heavy atom. The van der Waals surface area contributed by atoms with Crippen LogP contribution in [0.2, 0.25) is 0 Å². The average Bonchev–Trinajstić information content (AvgIpc) is 3.09. The molecule has 1 N–H and O–H groups in total. The van der Waals surface area contributed by atoms with Gasteiger partial charge in [0.2, 0.25) is 11.8 Å². The maximum Gasteiger partial charge on any atom is 0.225 e. The smallest absolute Gasteiger partial charge is 0.225 e. The quantitative estimate of drug-likeness (QED) is 0.935. The van der Waals surface area contributed by atoms with Gasteiger partial charge in [-0.3, -0.25) is 9.59 Å². The Morgan fingerprint density at radius 3 is 2.83 bits per heavy atom. The number of hydrogen-bond donors (Lipinski definition) is 1. The molecule has 1 aliphatic heterocycles. The monoisotopic (exact) mass is 314 g/mol. The number of rotatable bonds is 4. The normalized spacial score (nSPS) is 16.3. The number of carbonyl (C=O) groups is 2. The van der Waals surface area contributed by atoms with E-state index in [0.717, 1.165) is 11.3 Å². The van der Waals surface area contributed by atoms with Gasteiger partial charge in [-0.1, -0.05) is 23.4 Å². The number of anilines is 2. The van der Waals surface area contributed by atoms with E-state index in [1.165, 1.54) is 0 Å². The second kappa shape index (κ2) is 6.20. The molecule has 1 aliphatic rings. The lowest BCUT2D eigenvalue weighted by atomic mass is 9.96. The molecule has 2 aromatic rings. The molecular weight excluding hydrogens is 296 g/mol. The number of carbonyl (C=O) groups excluding carboxylic acids is 2. The summed E-state index contributed by atoms with van der Waals surface area (Å²) in [7, 11) is 0. The molecule has 1 atom stereocenters. The van der Waals surface area contributed by atoms with Gasteiger partial charge < -0.3 is 10.2 Å². The summed E-state index contributed by atoms with van der Waals surface area (Å²) in [6, 6.07) is 7.85. The van der Waals surface area contributed by atoms with Gasteiger partial charge in [0.05, 0.1) is 0 Å². The van der Waals surface area contributed by atoms with Gasteiger partial charge in [0.1, 0.15) is 5.69 Å². The molecule has 0 saturated heterocycles. The zero-order valence-corrected chi connectivity index (χ0v) is 13.1. The number of nitrogens with zero attached hydrogens (tertiary/aromatic N) is 3. The highest BCUT2D eigenvalue weighted by molar-refractivity contribution is 5.94. The van der Waals surface area contributed by atoms with Crippen LogP contribution in [0.15, 0.2) is 28.9 Å². The van der Waals surface area contributed by atoms with E-state index in [4.69, 9.17) is 0 Å². The maximum absolute atomic E-state index is 12.0. The zero-order valence-electron chi connectivity index (χ0n) is 13.1. The fourth-order valence-corrected chi connectivity index (χ4v) is 2.89. The minimum atomic E-state index is -0.137. The van der Waals surface area contributed by atoms with Crippen molar-refractivity contribution in [3.8, 4) is 0 Å². The summed E-state index contributed by atoms with van der Waals surface area (Å²) >= 11 is 0. The number of fused-ring (bicyclic) bond motifs is 1. The molecule has 1 aromatic carbocycles. The third-order valence-corrected chi connectivity index (χ3v) is 4.08. The molecular formula is C16H18N4O3. The van der Waals surface area contributed by atoms with Crippen LogP contribution in [-0.4, -0.2) is 28.7 Å². The Morgan fingerprint density at radius 2 is 2.13 bits per heavy atom. The molecule has 0 fully saturated rings. The van der Waals surface area contributed by atoms with E-state index >= 15 is 0 Å². The first-order chi connectivity index (χ1) is 11.1. The number of para-hydroxylation sites is 1. The van der Waals surface area contributed by atoms with E-state index in [9.17, 15) is 9.59 Å². The first-order valence-corrected chi connectivity index (χ1v) is 7.52. The summed E-state index contributed by atoms with van der Waals surface area (Å²) in [6.45, 7) is 3.89. The minimum absolute atomic E-state index is 0.0219. The number of aromatic nitrogens is 2. The van der Waals surface area contributed by atoms with Gasteiger partial charge in [0.25, 0.3) is 0 Å². The summed E-state index contributed by atoms with van der Waals surface area (Å²) in [4.78, 5) is 25.6. The molecule has 1 unspecified atom stereocenters. The summed E-state index contributed by atoms with van der Waals surface area (Å²) in [6.07, 6.45) is 1.01. The van der Waals surface area contributed by atoms with Crippen LogP contribution in [0.25, 0.3) is 0 Å². The van der Waals surface area contributed by atoms with Crippen LogP contribution in [0, 0.1) is 6.92 Å². The maximum atomic E-state index is 12.0. The molecule has 0 bridgehead atoms. The highest BCUT2D eigenvalue weighted by Crippen LogP contribution is 2.38. The third-order valence-electron chi connectivity index (χ3n) is 4.08. The fourth-order valence-electron chi connectivity index (χ4n) is 2.89. The summed E-state index contributed by atoms with van der Waals surface area (Å²) in [5.74, 6) is 0.404. The largest absolute Gasteiger partial charge is 0.312 e. The predicted octanol–water partition coefficient (Wildman–Crippen LogP) is 2.25. The van der Waals surface area contributed by atoms with Gasteiger partial charge in [0, 0.05) is 31.5 Å². The van der Waals surface area contributed by atoms with Crippen molar-refractivity contribution in [2.24, 2.45) is 0 Å². The summed E-state index contributed by atoms with van der Waals surface area (Å²) in [5, 5.41) is 9.94. The molecule has 120 valence electrons. The van der Waals surface area contributed by atoms with E-state index in [0.29, 0.717) is 30.9 Å². The minimum Gasteiger partial charge on any atom is -0.312 e. The highest BCUT2D eigenvalue weighted by Gasteiger charge is 2.30. The molecule has 0 saturated carbocycles. The second-order valence-corrected chi connectivity index (χ2v) is 5.67. The van der Waals surface area contributed by atoms with Crippen molar-refractivity contribution in [3.05, 3.63) is 35.5 Å². The van der Waals surface area contributed by atoms with Crippen molar-refractivity contribution >= 4 is 23.3 Å². The van der Waals surface area contributed by atoms with Crippen LogP contribution in [0.5, 0.6) is 0 Å². The van der Waals surface area contributed by atoms with Crippen molar-refractivity contribution in [1.29, 1.82) is 0 Å². The first-order valence-electron chi connectivity index (χ1n) is 7.52. The zero-order chi connectivity index (χ0) is 16.4. The van der Waals surface area contributed by atoms with Gasteiger partial charge in [-0.05, 0) is 30.1 Å². The molecule has 2 heterocycles. The fraction of sp³-hybridized carbons (Fsp3) is 0.375. The van der Waals surface area contributed by atoms with E-state index in [1.807, 2.05) is 24.3 Å². The topological polar surface area (TPSA) is 88.3 Å².